The molecule has 2 saturated heterocycles. The molecule has 3 aliphatic rings. The zero-order valence-corrected chi connectivity index (χ0v) is 12.2. The molecule has 2 aliphatic heterocycles. The molecule has 2 heterocycles. The second kappa shape index (κ2) is 4.26. The van der Waals surface area contributed by atoms with Gasteiger partial charge in [-0.25, -0.2) is 4.39 Å². The fourth-order valence-corrected chi connectivity index (χ4v) is 3.51. The summed E-state index contributed by atoms with van der Waals surface area (Å²) in [5.74, 6) is -1.67. The molecule has 1 unspecified atom stereocenters. The van der Waals surface area contributed by atoms with Gasteiger partial charge in [0.15, 0.2) is 17.6 Å². The highest BCUT2D eigenvalue weighted by Gasteiger charge is 2.88. The SMILES string of the molecule is CC1(C)OC23C[C@@]2(O1)[C@@H](F)[C@@H](COCc1ccccc1)O3. The predicted molar refractivity (Wildman–Crippen MR) is 72.2 cm³/mol. The van der Waals surface area contributed by atoms with Crippen LogP contribution in [0.25, 0.3) is 0 Å². The van der Waals surface area contributed by atoms with Gasteiger partial charge in [-0.05, 0) is 19.4 Å². The molecule has 0 amide bonds. The highest BCUT2D eigenvalue weighted by Crippen LogP contribution is 2.70. The largest absolute Gasteiger partial charge is 0.374 e. The minimum absolute atomic E-state index is 0.201. The predicted octanol–water partition coefficient (Wildman–Crippen LogP) is 2.56. The number of halogens is 1. The molecular formula is C16H19FO4. The van der Waals surface area contributed by atoms with Crippen molar-refractivity contribution in [3.05, 3.63) is 35.9 Å². The fourth-order valence-electron chi connectivity index (χ4n) is 3.51. The average molecular weight is 294 g/mol. The molecule has 0 radical (unpaired) electrons. The molecule has 0 N–H and O–H groups in total. The van der Waals surface area contributed by atoms with Crippen molar-refractivity contribution in [1.29, 1.82) is 0 Å². The van der Waals surface area contributed by atoms with Gasteiger partial charge in [-0.3, -0.25) is 0 Å². The molecule has 4 atom stereocenters. The third kappa shape index (κ3) is 1.95. The van der Waals surface area contributed by atoms with Crippen LogP contribution in [0.5, 0.6) is 0 Å². The topological polar surface area (TPSA) is 36.9 Å². The lowest BCUT2D eigenvalue weighted by atomic mass is 10.1. The number of ether oxygens (including phenoxy) is 4. The van der Waals surface area contributed by atoms with E-state index < -0.39 is 29.5 Å². The van der Waals surface area contributed by atoms with E-state index in [4.69, 9.17) is 18.9 Å². The van der Waals surface area contributed by atoms with E-state index in [0.29, 0.717) is 13.0 Å². The van der Waals surface area contributed by atoms with E-state index in [9.17, 15) is 4.39 Å². The molecule has 0 aromatic heterocycles. The number of hydrogen-bond acceptors (Lipinski definition) is 4. The average Bonchev–Trinajstić information content (AvgIpc) is 2.88. The van der Waals surface area contributed by atoms with Crippen LogP contribution in [-0.2, 0) is 25.6 Å². The van der Waals surface area contributed by atoms with Gasteiger partial charge in [0.1, 0.15) is 6.10 Å². The summed E-state index contributed by atoms with van der Waals surface area (Å²) in [6, 6.07) is 9.79. The van der Waals surface area contributed by atoms with Crippen molar-refractivity contribution < 1.29 is 23.3 Å². The zero-order chi connectivity index (χ0) is 14.7. The Morgan fingerprint density at radius 3 is 2.71 bits per heavy atom. The van der Waals surface area contributed by atoms with Crippen LogP contribution in [-0.4, -0.2) is 36.1 Å². The summed E-state index contributed by atoms with van der Waals surface area (Å²) in [4.78, 5) is 0. The van der Waals surface area contributed by atoms with Gasteiger partial charge >= 0.3 is 0 Å². The van der Waals surface area contributed by atoms with Crippen molar-refractivity contribution in [2.24, 2.45) is 0 Å². The first kappa shape index (κ1) is 13.6. The van der Waals surface area contributed by atoms with E-state index in [1.807, 2.05) is 30.3 Å². The maximum Gasteiger partial charge on any atom is 0.207 e. The first-order chi connectivity index (χ1) is 9.97. The van der Waals surface area contributed by atoms with Crippen molar-refractivity contribution in [2.75, 3.05) is 6.61 Å². The van der Waals surface area contributed by atoms with Gasteiger partial charge in [0.2, 0.25) is 5.79 Å². The Morgan fingerprint density at radius 1 is 1.24 bits per heavy atom. The first-order valence-electron chi connectivity index (χ1n) is 7.30. The van der Waals surface area contributed by atoms with Crippen molar-refractivity contribution >= 4 is 0 Å². The van der Waals surface area contributed by atoms with Gasteiger partial charge in [-0.1, -0.05) is 30.3 Å². The normalized spacial score (nSPS) is 42.6. The van der Waals surface area contributed by atoms with Crippen molar-refractivity contribution in [2.45, 2.75) is 56.3 Å². The van der Waals surface area contributed by atoms with Gasteiger partial charge in [0, 0.05) is 6.42 Å². The molecule has 0 bridgehead atoms. The summed E-state index contributed by atoms with van der Waals surface area (Å²) in [5, 5.41) is 0. The molecule has 1 aromatic carbocycles. The third-order valence-electron chi connectivity index (χ3n) is 4.36. The molecule has 1 aromatic rings. The lowest BCUT2D eigenvalue weighted by Crippen LogP contribution is -2.40. The monoisotopic (exact) mass is 294 g/mol. The zero-order valence-electron chi connectivity index (χ0n) is 12.2. The van der Waals surface area contributed by atoms with Crippen molar-refractivity contribution in [1.82, 2.24) is 0 Å². The quantitative estimate of drug-likeness (QED) is 0.855. The van der Waals surface area contributed by atoms with Crippen LogP contribution in [0.3, 0.4) is 0 Å². The van der Waals surface area contributed by atoms with Crippen LogP contribution in [0, 0.1) is 0 Å². The fraction of sp³-hybridized carbons (Fsp3) is 0.625. The molecule has 4 rings (SSSR count). The molecular weight excluding hydrogens is 275 g/mol. The number of alkyl halides is 1. The smallest absolute Gasteiger partial charge is 0.207 e. The Morgan fingerprint density at radius 2 is 2.00 bits per heavy atom. The van der Waals surface area contributed by atoms with Gasteiger partial charge in [0.25, 0.3) is 0 Å². The number of benzene rings is 1. The number of hydrogen-bond donors (Lipinski definition) is 0. The lowest BCUT2D eigenvalue weighted by Gasteiger charge is -2.29. The van der Waals surface area contributed by atoms with Crippen LogP contribution in [0.4, 0.5) is 4.39 Å². The molecule has 114 valence electrons. The van der Waals surface area contributed by atoms with Crippen LogP contribution in [0.2, 0.25) is 0 Å². The van der Waals surface area contributed by atoms with Crippen LogP contribution < -0.4 is 0 Å². The highest BCUT2D eigenvalue weighted by molar-refractivity contribution is 5.28. The van der Waals surface area contributed by atoms with E-state index >= 15 is 0 Å². The molecule has 4 nitrogen and oxygen atoms in total. The highest BCUT2D eigenvalue weighted by atomic mass is 19.1. The Hall–Kier alpha value is -1.01. The third-order valence-corrected chi connectivity index (χ3v) is 4.36. The lowest BCUT2D eigenvalue weighted by molar-refractivity contribution is -0.273. The number of rotatable bonds is 4. The molecule has 1 aliphatic carbocycles. The summed E-state index contributed by atoms with van der Waals surface area (Å²) in [7, 11) is 0. The summed E-state index contributed by atoms with van der Waals surface area (Å²) in [6.45, 7) is 4.21. The van der Waals surface area contributed by atoms with Gasteiger partial charge in [-0.2, -0.15) is 0 Å². The molecule has 5 heteroatoms. The Kier molecular flexibility index (Phi) is 2.77. The molecule has 3 fully saturated rings. The van der Waals surface area contributed by atoms with E-state index in [-0.39, 0.29) is 6.61 Å². The van der Waals surface area contributed by atoms with E-state index in [2.05, 4.69) is 0 Å². The Labute approximate surface area is 123 Å². The van der Waals surface area contributed by atoms with Gasteiger partial charge in [0.05, 0.1) is 13.2 Å². The first-order valence-corrected chi connectivity index (χ1v) is 7.30. The Bertz CT molecular complexity index is 548. The van der Waals surface area contributed by atoms with Crippen LogP contribution >= 0.6 is 0 Å². The van der Waals surface area contributed by atoms with Crippen LogP contribution in [0.15, 0.2) is 30.3 Å². The molecule has 21 heavy (non-hydrogen) atoms. The van der Waals surface area contributed by atoms with Gasteiger partial charge < -0.3 is 18.9 Å². The standard InChI is InChI=1S/C16H19FO4/c1-14(2)20-15-10-16(15,21-14)19-12(13(15)17)9-18-8-11-6-4-3-5-7-11/h3-7,12-13H,8-10H2,1-2H3/t12-,13+,15-,16?/m1/s1. The van der Waals surface area contributed by atoms with E-state index in [1.54, 1.807) is 13.8 Å². The van der Waals surface area contributed by atoms with Crippen LogP contribution in [0.1, 0.15) is 25.8 Å². The van der Waals surface area contributed by atoms with E-state index in [0.717, 1.165) is 5.56 Å². The van der Waals surface area contributed by atoms with E-state index in [1.165, 1.54) is 0 Å². The summed E-state index contributed by atoms with van der Waals surface area (Å²) >= 11 is 0. The summed E-state index contributed by atoms with van der Waals surface area (Å²) in [5.41, 5.74) is 0.137. The maximum absolute atomic E-state index is 14.6. The van der Waals surface area contributed by atoms with Gasteiger partial charge in [-0.15, -0.1) is 0 Å². The second-order valence-electron chi connectivity index (χ2n) is 6.48. The van der Waals surface area contributed by atoms with Crippen molar-refractivity contribution in [3.8, 4) is 0 Å². The molecule has 1 saturated carbocycles. The minimum atomic E-state index is -1.21. The Balaban J connectivity index is 1.36. The maximum atomic E-state index is 14.6. The summed E-state index contributed by atoms with van der Waals surface area (Å²) in [6.07, 6.45) is -1.37. The minimum Gasteiger partial charge on any atom is -0.374 e. The summed E-state index contributed by atoms with van der Waals surface area (Å²) < 4.78 is 37.5. The molecule has 0 spiro atoms. The second-order valence-corrected chi connectivity index (χ2v) is 6.48. The van der Waals surface area contributed by atoms with Crippen molar-refractivity contribution in [3.63, 3.8) is 0 Å².